The Labute approximate surface area is 186 Å². The Balaban J connectivity index is 1.54. The third kappa shape index (κ3) is 4.31. The molecule has 0 unspecified atom stereocenters. The first-order valence-corrected chi connectivity index (χ1v) is 11.4. The summed E-state index contributed by atoms with van der Waals surface area (Å²) in [7, 11) is -2.29. The lowest BCUT2D eigenvalue weighted by molar-refractivity contribution is 0.102. The number of carbonyl (C=O) groups excluding carboxylic acids is 1. The average Bonchev–Trinajstić information content (AvgIpc) is 3.07. The Morgan fingerprint density at radius 2 is 1.69 bits per heavy atom. The van der Waals surface area contributed by atoms with E-state index in [-0.39, 0.29) is 10.8 Å². The van der Waals surface area contributed by atoms with Crippen molar-refractivity contribution in [1.82, 2.24) is 4.98 Å². The van der Waals surface area contributed by atoms with Crippen molar-refractivity contribution in [2.45, 2.75) is 18.7 Å². The maximum Gasteiger partial charge on any atom is 0.261 e. The third-order valence-corrected chi connectivity index (χ3v) is 6.69. The number of hydrogen-bond donors (Lipinski definition) is 3. The fourth-order valence-corrected chi connectivity index (χ4v) is 4.52. The number of hydrogen-bond acceptors (Lipinski definition) is 4. The van der Waals surface area contributed by atoms with Crippen molar-refractivity contribution < 1.29 is 17.9 Å². The van der Waals surface area contributed by atoms with Gasteiger partial charge in [-0.1, -0.05) is 6.07 Å². The van der Waals surface area contributed by atoms with Crippen LogP contribution in [-0.2, 0) is 10.0 Å². The standard InChI is InChI=1S/C24H23N3O4S/c1-15-16(2)25-23-12-7-17(13-22(15)23)24(28)26-19-5-4-6-21(14-19)32(29,30)27-18-8-10-20(31-3)11-9-18/h4-14,25,27H,1-3H3,(H,26,28). The zero-order valence-corrected chi connectivity index (χ0v) is 18.7. The largest absolute Gasteiger partial charge is 0.497 e. The molecule has 0 saturated heterocycles. The van der Waals surface area contributed by atoms with Crippen LogP contribution in [0, 0.1) is 13.8 Å². The first-order chi connectivity index (χ1) is 15.3. The molecule has 32 heavy (non-hydrogen) atoms. The molecule has 1 heterocycles. The second kappa shape index (κ2) is 8.39. The van der Waals surface area contributed by atoms with Crippen LogP contribution in [-0.4, -0.2) is 26.4 Å². The van der Waals surface area contributed by atoms with E-state index in [1.54, 1.807) is 42.5 Å². The Hall–Kier alpha value is -3.78. The van der Waals surface area contributed by atoms with Crippen molar-refractivity contribution in [1.29, 1.82) is 0 Å². The second-order valence-corrected chi connectivity index (χ2v) is 9.13. The Morgan fingerprint density at radius 1 is 0.938 bits per heavy atom. The summed E-state index contributed by atoms with van der Waals surface area (Å²) in [4.78, 5) is 16.1. The zero-order valence-electron chi connectivity index (χ0n) is 17.9. The summed E-state index contributed by atoms with van der Waals surface area (Å²) >= 11 is 0. The quantitative estimate of drug-likeness (QED) is 0.392. The number of rotatable bonds is 6. The lowest BCUT2D eigenvalue weighted by atomic mass is 10.1. The van der Waals surface area contributed by atoms with Gasteiger partial charge in [0, 0.05) is 33.5 Å². The van der Waals surface area contributed by atoms with E-state index in [0.717, 1.165) is 22.2 Å². The molecule has 0 atom stereocenters. The number of H-pyrrole nitrogens is 1. The molecule has 1 aromatic heterocycles. The molecule has 0 aliphatic rings. The molecule has 3 aromatic carbocycles. The number of aromatic amines is 1. The number of amides is 1. The van der Waals surface area contributed by atoms with Gasteiger partial charge in [0.2, 0.25) is 0 Å². The molecule has 1 amide bonds. The van der Waals surface area contributed by atoms with Gasteiger partial charge in [-0.05, 0) is 80.1 Å². The van der Waals surface area contributed by atoms with Gasteiger partial charge in [0.1, 0.15) is 5.75 Å². The van der Waals surface area contributed by atoms with E-state index in [9.17, 15) is 13.2 Å². The Bertz CT molecular complexity index is 1410. The average molecular weight is 450 g/mol. The summed E-state index contributed by atoms with van der Waals surface area (Å²) in [5.74, 6) is 0.309. The molecular weight excluding hydrogens is 426 g/mol. The van der Waals surface area contributed by atoms with E-state index in [4.69, 9.17) is 4.74 Å². The third-order valence-electron chi connectivity index (χ3n) is 5.31. The SMILES string of the molecule is COc1ccc(NS(=O)(=O)c2cccc(NC(=O)c3ccc4[nH]c(C)c(C)c4c3)c2)cc1. The first-order valence-electron chi connectivity index (χ1n) is 9.94. The molecule has 0 radical (unpaired) electrons. The molecule has 3 N–H and O–H groups in total. The molecule has 0 spiro atoms. The number of aromatic nitrogens is 1. The highest BCUT2D eigenvalue weighted by Gasteiger charge is 2.16. The van der Waals surface area contributed by atoms with Crippen molar-refractivity contribution in [3.8, 4) is 5.75 Å². The summed E-state index contributed by atoms with van der Waals surface area (Å²) < 4.78 is 33.2. The molecule has 0 fully saturated rings. The number of anilines is 2. The van der Waals surface area contributed by atoms with Crippen LogP contribution >= 0.6 is 0 Å². The minimum absolute atomic E-state index is 0.0404. The van der Waals surface area contributed by atoms with Gasteiger partial charge in [0.15, 0.2) is 0 Å². The molecule has 0 aliphatic heterocycles. The van der Waals surface area contributed by atoms with Crippen LogP contribution < -0.4 is 14.8 Å². The lowest BCUT2D eigenvalue weighted by Gasteiger charge is -2.11. The van der Waals surface area contributed by atoms with Crippen LogP contribution in [0.25, 0.3) is 10.9 Å². The van der Waals surface area contributed by atoms with Crippen molar-refractivity contribution in [3.63, 3.8) is 0 Å². The van der Waals surface area contributed by atoms with E-state index in [2.05, 4.69) is 15.0 Å². The monoisotopic (exact) mass is 449 g/mol. The minimum atomic E-state index is -3.83. The summed E-state index contributed by atoms with van der Waals surface area (Å²) in [5.41, 5.74) is 4.39. The van der Waals surface area contributed by atoms with E-state index in [1.165, 1.54) is 19.2 Å². The number of carbonyl (C=O) groups is 1. The Morgan fingerprint density at radius 3 is 2.41 bits per heavy atom. The summed E-state index contributed by atoms with van der Waals surface area (Å²) in [6.07, 6.45) is 0. The van der Waals surface area contributed by atoms with Crippen molar-refractivity contribution in [3.05, 3.63) is 83.6 Å². The van der Waals surface area contributed by atoms with E-state index in [0.29, 0.717) is 22.7 Å². The van der Waals surface area contributed by atoms with Crippen LogP contribution in [0.2, 0.25) is 0 Å². The second-order valence-electron chi connectivity index (χ2n) is 7.45. The van der Waals surface area contributed by atoms with Crippen LogP contribution in [0.3, 0.4) is 0 Å². The summed E-state index contributed by atoms with van der Waals surface area (Å²) in [6, 6.07) is 18.1. The van der Waals surface area contributed by atoms with Crippen LogP contribution in [0.5, 0.6) is 5.75 Å². The number of aryl methyl sites for hydroxylation is 2. The predicted molar refractivity (Wildman–Crippen MR) is 126 cm³/mol. The molecule has 164 valence electrons. The number of fused-ring (bicyclic) bond motifs is 1. The summed E-state index contributed by atoms with van der Waals surface area (Å²) in [5, 5.41) is 3.76. The molecule has 0 aliphatic carbocycles. The summed E-state index contributed by atoms with van der Waals surface area (Å²) in [6.45, 7) is 3.99. The van der Waals surface area contributed by atoms with Gasteiger partial charge in [0.25, 0.3) is 15.9 Å². The number of sulfonamides is 1. The molecular formula is C24H23N3O4S. The van der Waals surface area contributed by atoms with Gasteiger partial charge in [0.05, 0.1) is 12.0 Å². The van der Waals surface area contributed by atoms with Gasteiger partial charge in [-0.2, -0.15) is 0 Å². The highest BCUT2D eigenvalue weighted by Crippen LogP contribution is 2.24. The Kier molecular flexibility index (Phi) is 5.63. The van der Waals surface area contributed by atoms with E-state index in [1.807, 2.05) is 26.0 Å². The zero-order chi connectivity index (χ0) is 22.9. The fourth-order valence-electron chi connectivity index (χ4n) is 3.42. The van der Waals surface area contributed by atoms with Gasteiger partial charge < -0.3 is 15.0 Å². The van der Waals surface area contributed by atoms with Gasteiger partial charge in [-0.3, -0.25) is 9.52 Å². The fraction of sp³-hybridized carbons (Fsp3) is 0.125. The van der Waals surface area contributed by atoms with E-state index < -0.39 is 10.0 Å². The number of nitrogens with one attached hydrogen (secondary N) is 3. The van der Waals surface area contributed by atoms with Crippen molar-refractivity contribution in [2.75, 3.05) is 17.1 Å². The van der Waals surface area contributed by atoms with Gasteiger partial charge in [-0.15, -0.1) is 0 Å². The first kappa shape index (κ1) is 21.5. The van der Waals surface area contributed by atoms with E-state index >= 15 is 0 Å². The molecule has 0 saturated carbocycles. The highest BCUT2D eigenvalue weighted by molar-refractivity contribution is 7.92. The molecule has 7 nitrogen and oxygen atoms in total. The maximum absolute atomic E-state index is 12.8. The maximum atomic E-state index is 12.8. The molecule has 0 bridgehead atoms. The molecule has 8 heteroatoms. The van der Waals surface area contributed by atoms with Gasteiger partial charge in [-0.25, -0.2) is 8.42 Å². The predicted octanol–water partition coefficient (Wildman–Crippen LogP) is 4.85. The smallest absolute Gasteiger partial charge is 0.261 e. The lowest BCUT2D eigenvalue weighted by Crippen LogP contribution is -2.15. The number of benzene rings is 3. The van der Waals surface area contributed by atoms with Crippen LogP contribution in [0.1, 0.15) is 21.6 Å². The van der Waals surface area contributed by atoms with Crippen LogP contribution in [0.15, 0.2) is 71.6 Å². The number of ether oxygens (including phenoxy) is 1. The highest BCUT2D eigenvalue weighted by atomic mass is 32.2. The van der Waals surface area contributed by atoms with Gasteiger partial charge >= 0.3 is 0 Å². The van der Waals surface area contributed by atoms with Crippen LogP contribution in [0.4, 0.5) is 11.4 Å². The normalized spacial score (nSPS) is 11.3. The molecule has 4 aromatic rings. The topological polar surface area (TPSA) is 100 Å². The van der Waals surface area contributed by atoms with Crippen molar-refractivity contribution >= 4 is 38.2 Å². The number of methoxy groups -OCH3 is 1. The minimum Gasteiger partial charge on any atom is -0.497 e. The van der Waals surface area contributed by atoms with Crippen molar-refractivity contribution in [2.24, 2.45) is 0 Å². The molecule has 4 rings (SSSR count).